The molecule has 0 aromatic heterocycles. The van der Waals surface area contributed by atoms with E-state index in [1.54, 1.807) is 0 Å². The SMILES string of the molecule is CCCC[NH-].[Y]. The van der Waals surface area contributed by atoms with Crippen LogP contribution in [0, 0.1) is 0 Å². The first kappa shape index (κ1) is 10.1. The average molecular weight is 161 g/mol. The predicted octanol–water partition coefficient (Wildman–Crippen LogP) is 1.84. The van der Waals surface area contributed by atoms with Crippen LogP contribution < -0.4 is 0 Å². The molecule has 6 heavy (non-hydrogen) atoms. The Morgan fingerprint density at radius 1 is 1.50 bits per heavy atom. The summed E-state index contributed by atoms with van der Waals surface area (Å²) in [5.74, 6) is 0. The first-order valence-corrected chi connectivity index (χ1v) is 2.06. The van der Waals surface area contributed by atoms with E-state index in [4.69, 9.17) is 5.73 Å². The van der Waals surface area contributed by atoms with E-state index in [0.29, 0.717) is 6.54 Å². The second kappa shape index (κ2) is 9.42. The molecule has 0 bridgehead atoms. The van der Waals surface area contributed by atoms with Crippen molar-refractivity contribution in [1.29, 1.82) is 0 Å². The summed E-state index contributed by atoms with van der Waals surface area (Å²) in [4.78, 5) is 0. The van der Waals surface area contributed by atoms with Crippen molar-refractivity contribution in [3.63, 3.8) is 0 Å². The minimum atomic E-state index is 0. The Bertz CT molecular complexity index is 15.0. The van der Waals surface area contributed by atoms with E-state index in [-0.39, 0.29) is 32.7 Å². The van der Waals surface area contributed by atoms with Gasteiger partial charge in [-0.05, 0) is 0 Å². The van der Waals surface area contributed by atoms with Crippen LogP contribution in [0.2, 0.25) is 0 Å². The molecule has 0 heterocycles. The molecule has 35 valence electrons. The topological polar surface area (TPSA) is 23.8 Å². The standard InChI is InChI=1S/C4H10N.Y/c1-2-3-4-5;/h5H,2-4H2,1H3;/q-1;. The summed E-state index contributed by atoms with van der Waals surface area (Å²) in [5.41, 5.74) is 6.60. The largest absolute Gasteiger partial charge is 0.677 e. The van der Waals surface area contributed by atoms with Crippen LogP contribution in [0.15, 0.2) is 0 Å². The summed E-state index contributed by atoms with van der Waals surface area (Å²) >= 11 is 0. The first-order valence-electron chi connectivity index (χ1n) is 2.06. The van der Waals surface area contributed by atoms with Crippen molar-refractivity contribution >= 4 is 0 Å². The van der Waals surface area contributed by atoms with E-state index < -0.39 is 0 Å². The molecule has 0 atom stereocenters. The molecular formula is C4H10NY-. The van der Waals surface area contributed by atoms with E-state index >= 15 is 0 Å². The van der Waals surface area contributed by atoms with E-state index in [0.717, 1.165) is 12.8 Å². The molecule has 0 fully saturated rings. The van der Waals surface area contributed by atoms with Crippen LogP contribution in [-0.4, -0.2) is 6.54 Å². The Morgan fingerprint density at radius 2 is 2.00 bits per heavy atom. The molecule has 2 heteroatoms. The van der Waals surface area contributed by atoms with Gasteiger partial charge in [0.05, 0.1) is 0 Å². The Labute approximate surface area is 64.6 Å². The molecule has 0 saturated carbocycles. The van der Waals surface area contributed by atoms with Crippen molar-refractivity contribution in [3.8, 4) is 0 Å². The second-order valence-corrected chi connectivity index (χ2v) is 1.10. The monoisotopic (exact) mass is 161 g/mol. The number of nitrogens with one attached hydrogen (secondary N) is 1. The van der Waals surface area contributed by atoms with Crippen molar-refractivity contribution in [2.75, 3.05) is 6.54 Å². The van der Waals surface area contributed by atoms with Crippen LogP contribution in [-0.2, 0) is 32.7 Å². The third kappa shape index (κ3) is 8.91. The Kier molecular flexibility index (Phi) is 15.9. The van der Waals surface area contributed by atoms with Gasteiger partial charge in [-0.25, -0.2) is 0 Å². The third-order valence-corrected chi connectivity index (χ3v) is 0.530. The summed E-state index contributed by atoms with van der Waals surface area (Å²) < 4.78 is 0. The molecule has 0 aliphatic heterocycles. The molecule has 0 rings (SSSR count). The second-order valence-electron chi connectivity index (χ2n) is 1.10. The minimum Gasteiger partial charge on any atom is -0.677 e. The Hall–Kier alpha value is 1.06. The van der Waals surface area contributed by atoms with Crippen LogP contribution in [0.3, 0.4) is 0 Å². The molecule has 1 N–H and O–H groups in total. The maximum Gasteiger partial charge on any atom is 0 e. The van der Waals surface area contributed by atoms with Crippen LogP contribution in [0.5, 0.6) is 0 Å². The molecule has 1 nitrogen and oxygen atoms in total. The molecule has 0 aromatic carbocycles. The fraction of sp³-hybridized carbons (Fsp3) is 1.00. The zero-order valence-electron chi connectivity index (χ0n) is 4.20. The number of rotatable bonds is 2. The summed E-state index contributed by atoms with van der Waals surface area (Å²) in [7, 11) is 0. The van der Waals surface area contributed by atoms with Gasteiger partial charge in [-0.3, -0.25) is 0 Å². The predicted molar refractivity (Wildman–Crippen MR) is 24.1 cm³/mol. The van der Waals surface area contributed by atoms with Gasteiger partial charge in [0.1, 0.15) is 0 Å². The number of unbranched alkanes of at least 4 members (excludes halogenated alkanes) is 1. The van der Waals surface area contributed by atoms with E-state index in [2.05, 4.69) is 6.92 Å². The third-order valence-electron chi connectivity index (χ3n) is 0.530. The van der Waals surface area contributed by atoms with E-state index in [9.17, 15) is 0 Å². The van der Waals surface area contributed by atoms with Crippen molar-refractivity contribution in [2.45, 2.75) is 19.8 Å². The van der Waals surface area contributed by atoms with Crippen molar-refractivity contribution in [1.82, 2.24) is 0 Å². The first-order chi connectivity index (χ1) is 2.41. The fourth-order valence-electron chi connectivity index (χ4n) is 0.177. The zero-order valence-corrected chi connectivity index (χ0v) is 7.04. The van der Waals surface area contributed by atoms with Crippen molar-refractivity contribution in [2.24, 2.45) is 0 Å². The van der Waals surface area contributed by atoms with Crippen LogP contribution in [0.4, 0.5) is 0 Å². The van der Waals surface area contributed by atoms with E-state index in [1.807, 2.05) is 0 Å². The van der Waals surface area contributed by atoms with Crippen molar-refractivity contribution < 1.29 is 32.7 Å². The number of hydrogen-bond donors (Lipinski definition) is 0. The fourth-order valence-corrected chi connectivity index (χ4v) is 0.177. The summed E-state index contributed by atoms with van der Waals surface area (Å²) in [6.45, 7) is 2.69. The summed E-state index contributed by atoms with van der Waals surface area (Å²) in [5, 5.41) is 0. The van der Waals surface area contributed by atoms with E-state index in [1.165, 1.54) is 0 Å². The normalized spacial score (nSPS) is 7.00. The smallest absolute Gasteiger partial charge is 0 e. The molecular weight excluding hydrogens is 151 g/mol. The molecule has 0 spiro atoms. The average Bonchev–Trinajstić information content (AvgIpc) is 1.41. The van der Waals surface area contributed by atoms with Gasteiger partial charge < -0.3 is 5.73 Å². The quantitative estimate of drug-likeness (QED) is 0.590. The van der Waals surface area contributed by atoms with Gasteiger partial charge in [-0.15, -0.1) is 0 Å². The maximum atomic E-state index is 6.60. The van der Waals surface area contributed by atoms with Gasteiger partial charge in [0.25, 0.3) is 0 Å². The van der Waals surface area contributed by atoms with Gasteiger partial charge in [0, 0.05) is 32.7 Å². The molecule has 1 radical (unpaired) electrons. The maximum absolute atomic E-state index is 6.60. The summed E-state index contributed by atoms with van der Waals surface area (Å²) in [6.07, 6.45) is 2.21. The molecule has 0 unspecified atom stereocenters. The molecule has 0 aliphatic carbocycles. The van der Waals surface area contributed by atoms with Gasteiger partial charge in [0.2, 0.25) is 0 Å². The van der Waals surface area contributed by atoms with Crippen LogP contribution in [0.25, 0.3) is 5.73 Å². The molecule has 0 saturated heterocycles. The molecule has 0 aliphatic rings. The number of hydrogen-bond acceptors (Lipinski definition) is 0. The molecule has 0 amide bonds. The van der Waals surface area contributed by atoms with Gasteiger partial charge >= 0.3 is 0 Å². The zero-order chi connectivity index (χ0) is 4.12. The van der Waals surface area contributed by atoms with Crippen LogP contribution in [0.1, 0.15) is 19.8 Å². The van der Waals surface area contributed by atoms with Gasteiger partial charge in [0.15, 0.2) is 0 Å². The van der Waals surface area contributed by atoms with Crippen molar-refractivity contribution in [3.05, 3.63) is 5.73 Å². The van der Waals surface area contributed by atoms with Gasteiger partial charge in [-0.1, -0.05) is 19.8 Å². The molecule has 0 aromatic rings. The van der Waals surface area contributed by atoms with Gasteiger partial charge in [-0.2, -0.15) is 6.54 Å². The minimum absolute atomic E-state index is 0. The summed E-state index contributed by atoms with van der Waals surface area (Å²) in [6, 6.07) is 0. The van der Waals surface area contributed by atoms with Crippen LogP contribution >= 0.6 is 0 Å². The Morgan fingerprint density at radius 3 is 2.00 bits per heavy atom. The Balaban J connectivity index is 0.